The third-order valence-electron chi connectivity index (χ3n) is 2.44. The fourth-order valence-electron chi connectivity index (χ4n) is 1.66. The quantitative estimate of drug-likeness (QED) is 0.771. The van der Waals surface area contributed by atoms with Crippen LogP contribution in [0.25, 0.3) is 0 Å². The van der Waals surface area contributed by atoms with Gasteiger partial charge in [-0.2, -0.15) is 11.8 Å². The van der Waals surface area contributed by atoms with Crippen LogP contribution in [0, 0.1) is 0 Å². The average molecular weight is 255 g/mol. The first-order valence-electron chi connectivity index (χ1n) is 5.07. The Morgan fingerprint density at radius 3 is 2.81 bits per heavy atom. The van der Waals surface area contributed by atoms with E-state index in [1.807, 2.05) is 12.3 Å². The standard InChI is InChI=1S/C11H13NO2S2/c1-15-8-4-7-12-11(13)9-5-2-3-6-10(9)16(12)14/h2-3,5-6H,4,7-8H2,1H3. The fraction of sp³-hybridized carbons (Fsp3) is 0.364. The Bertz CT molecular complexity index is 399. The zero-order valence-electron chi connectivity index (χ0n) is 9.01. The van der Waals surface area contributed by atoms with Gasteiger partial charge in [-0.1, -0.05) is 12.1 Å². The van der Waals surface area contributed by atoms with Crippen LogP contribution in [0.5, 0.6) is 0 Å². The predicted molar refractivity (Wildman–Crippen MR) is 66.9 cm³/mol. The highest BCUT2D eigenvalue weighted by Gasteiger charge is 2.33. The Kier molecular flexibility index (Phi) is 3.66. The van der Waals surface area contributed by atoms with Crippen LogP contribution in [-0.4, -0.2) is 33.0 Å². The highest BCUT2D eigenvalue weighted by atomic mass is 32.2. The molecule has 86 valence electrons. The molecule has 0 fully saturated rings. The first kappa shape index (κ1) is 11.7. The number of carbonyl (C=O) groups is 1. The third-order valence-corrected chi connectivity index (χ3v) is 4.62. The van der Waals surface area contributed by atoms with Gasteiger partial charge in [-0.05, 0) is 30.6 Å². The summed E-state index contributed by atoms with van der Waals surface area (Å²) >= 11 is 1.73. The normalized spacial score (nSPS) is 18.9. The van der Waals surface area contributed by atoms with Gasteiger partial charge in [0, 0.05) is 6.54 Å². The minimum Gasteiger partial charge on any atom is -0.268 e. The van der Waals surface area contributed by atoms with Gasteiger partial charge in [0.1, 0.15) is 0 Å². The molecular formula is C11H13NO2S2. The molecule has 0 saturated carbocycles. The maximum atomic E-state index is 12.0. The fourth-order valence-corrected chi connectivity index (χ4v) is 3.40. The molecule has 3 nitrogen and oxygen atoms in total. The summed E-state index contributed by atoms with van der Waals surface area (Å²) in [6.07, 6.45) is 2.91. The SMILES string of the molecule is CSCCCN1C(=O)c2ccccc2S1=O. The molecule has 16 heavy (non-hydrogen) atoms. The zero-order chi connectivity index (χ0) is 11.5. The molecule has 0 N–H and O–H groups in total. The number of rotatable bonds is 4. The van der Waals surface area contributed by atoms with E-state index in [0.717, 1.165) is 12.2 Å². The number of hydrogen-bond donors (Lipinski definition) is 0. The maximum absolute atomic E-state index is 12.0. The molecule has 0 aliphatic carbocycles. The number of thioether (sulfide) groups is 1. The Morgan fingerprint density at radius 2 is 2.12 bits per heavy atom. The monoisotopic (exact) mass is 255 g/mol. The Hall–Kier alpha value is -0.810. The number of benzene rings is 1. The second kappa shape index (κ2) is 5.01. The summed E-state index contributed by atoms with van der Waals surface area (Å²) in [4.78, 5) is 12.6. The van der Waals surface area contributed by atoms with E-state index < -0.39 is 11.0 Å². The molecule has 1 aliphatic rings. The summed E-state index contributed by atoms with van der Waals surface area (Å²) in [6, 6.07) is 7.12. The van der Waals surface area contributed by atoms with Crippen LogP contribution in [0.1, 0.15) is 16.8 Å². The van der Waals surface area contributed by atoms with Crippen molar-refractivity contribution in [3.63, 3.8) is 0 Å². The van der Waals surface area contributed by atoms with E-state index >= 15 is 0 Å². The van der Waals surface area contributed by atoms with Crippen molar-refractivity contribution >= 4 is 28.7 Å². The Morgan fingerprint density at radius 1 is 1.38 bits per heavy atom. The Labute approximate surface area is 102 Å². The lowest BCUT2D eigenvalue weighted by atomic mass is 10.2. The summed E-state index contributed by atoms with van der Waals surface area (Å²) in [5.41, 5.74) is 0.588. The van der Waals surface area contributed by atoms with E-state index in [1.54, 1.807) is 30.0 Å². The van der Waals surface area contributed by atoms with Crippen LogP contribution in [0.2, 0.25) is 0 Å². The maximum Gasteiger partial charge on any atom is 0.267 e. The number of carbonyl (C=O) groups excluding carboxylic acids is 1. The average Bonchev–Trinajstić information content (AvgIpc) is 2.55. The van der Waals surface area contributed by atoms with E-state index in [9.17, 15) is 9.00 Å². The van der Waals surface area contributed by atoms with E-state index in [-0.39, 0.29) is 5.91 Å². The van der Waals surface area contributed by atoms with E-state index in [4.69, 9.17) is 0 Å². The smallest absolute Gasteiger partial charge is 0.267 e. The van der Waals surface area contributed by atoms with E-state index in [0.29, 0.717) is 17.0 Å². The van der Waals surface area contributed by atoms with Crippen LogP contribution >= 0.6 is 11.8 Å². The van der Waals surface area contributed by atoms with Gasteiger partial charge in [-0.25, -0.2) is 4.21 Å². The van der Waals surface area contributed by atoms with Crippen molar-refractivity contribution in [2.45, 2.75) is 11.3 Å². The van der Waals surface area contributed by atoms with Gasteiger partial charge in [-0.3, -0.25) is 9.10 Å². The molecule has 5 heteroatoms. The molecule has 0 aromatic heterocycles. The van der Waals surface area contributed by atoms with Gasteiger partial charge in [0.25, 0.3) is 5.91 Å². The lowest BCUT2D eigenvalue weighted by molar-refractivity contribution is 0.0875. The van der Waals surface area contributed by atoms with Crippen molar-refractivity contribution in [2.75, 3.05) is 18.6 Å². The summed E-state index contributed by atoms with van der Waals surface area (Å²) in [5.74, 6) is 0.882. The molecule has 1 aliphatic heterocycles. The molecule has 1 atom stereocenters. The molecule has 1 amide bonds. The van der Waals surface area contributed by atoms with Crippen molar-refractivity contribution in [2.24, 2.45) is 0 Å². The van der Waals surface area contributed by atoms with Gasteiger partial charge in [0.2, 0.25) is 0 Å². The summed E-state index contributed by atoms with van der Waals surface area (Å²) in [7, 11) is -1.29. The molecule has 2 rings (SSSR count). The highest BCUT2D eigenvalue weighted by Crippen LogP contribution is 2.26. The van der Waals surface area contributed by atoms with Gasteiger partial charge in [-0.15, -0.1) is 0 Å². The number of hydrogen-bond acceptors (Lipinski definition) is 3. The van der Waals surface area contributed by atoms with Crippen LogP contribution < -0.4 is 0 Å². The molecule has 1 unspecified atom stereocenters. The van der Waals surface area contributed by atoms with Crippen LogP contribution in [0.3, 0.4) is 0 Å². The summed E-state index contributed by atoms with van der Waals surface area (Å²) < 4.78 is 13.5. The predicted octanol–water partition coefficient (Wildman–Crippen LogP) is 1.92. The number of amides is 1. The van der Waals surface area contributed by atoms with Crippen molar-refractivity contribution < 1.29 is 9.00 Å². The number of fused-ring (bicyclic) bond motifs is 1. The van der Waals surface area contributed by atoms with Crippen molar-refractivity contribution in [3.8, 4) is 0 Å². The van der Waals surface area contributed by atoms with Gasteiger partial charge in [0.15, 0.2) is 11.0 Å². The van der Waals surface area contributed by atoms with E-state index in [2.05, 4.69) is 0 Å². The second-order valence-corrected chi connectivity index (χ2v) is 5.86. The van der Waals surface area contributed by atoms with Crippen molar-refractivity contribution in [3.05, 3.63) is 29.8 Å². The molecule has 1 heterocycles. The first-order valence-corrected chi connectivity index (χ1v) is 7.57. The van der Waals surface area contributed by atoms with Crippen LogP contribution in [0.4, 0.5) is 0 Å². The van der Waals surface area contributed by atoms with Gasteiger partial charge >= 0.3 is 0 Å². The lowest BCUT2D eigenvalue weighted by Crippen LogP contribution is -2.27. The second-order valence-electron chi connectivity index (χ2n) is 3.50. The summed E-state index contributed by atoms with van der Waals surface area (Å²) in [5, 5.41) is 0. The van der Waals surface area contributed by atoms with Gasteiger partial charge < -0.3 is 0 Å². The highest BCUT2D eigenvalue weighted by molar-refractivity contribution is 7.98. The molecule has 1 aromatic carbocycles. The van der Waals surface area contributed by atoms with Crippen molar-refractivity contribution in [1.29, 1.82) is 0 Å². The molecule has 1 aromatic rings. The Balaban J connectivity index is 2.15. The minimum atomic E-state index is -1.29. The topological polar surface area (TPSA) is 37.4 Å². The van der Waals surface area contributed by atoms with Gasteiger partial charge in [0.05, 0.1) is 10.5 Å². The molecule has 0 saturated heterocycles. The number of nitrogens with zero attached hydrogens (tertiary/aromatic N) is 1. The largest absolute Gasteiger partial charge is 0.268 e. The third kappa shape index (κ3) is 2.01. The molecular weight excluding hydrogens is 242 g/mol. The van der Waals surface area contributed by atoms with Crippen LogP contribution in [0.15, 0.2) is 29.2 Å². The first-order chi connectivity index (χ1) is 7.75. The molecule has 0 spiro atoms. The van der Waals surface area contributed by atoms with E-state index in [1.165, 1.54) is 4.31 Å². The zero-order valence-corrected chi connectivity index (χ0v) is 10.6. The van der Waals surface area contributed by atoms with Crippen molar-refractivity contribution in [1.82, 2.24) is 4.31 Å². The molecule has 0 radical (unpaired) electrons. The van der Waals surface area contributed by atoms with Crippen LogP contribution in [-0.2, 0) is 11.0 Å². The minimum absolute atomic E-state index is 0.102. The lowest BCUT2D eigenvalue weighted by Gasteiger charge is -2.12. The summed E-state index contributed by atoms with van der Waals surface area (Å²) in [6.45, 7) is 0.570. The molecule has 0 bridgehead atoms.